The number of aliphatic hydroxyl groups excluding tert-OH is 4. The average Bonchev–Trinajstić information content (AvgIpc) is 3.02. The Kier molecular flexibility index (Phi) is 6.48. The summed E-state index contributed by atoms with van der Waals surface area (Å²) in [7, 11) is 0. The van der Waals surface area contributed by atoms with Crippen molar-refractivity contribution < 1.29 is 34.7 Å². The Morgan fingerprint density at radius 1 is 1.34 bits per heavy atom. The minimum Gasteiger partial charge on any atom is -0.462 e. The molecule has 6 N–H and O–H groups in total. The van der Waals surface area contributed by atoms with Crippen LogP contribution >= 0.6 is 23.1 Å². The number of aliphatic hydroxyl groups is 4. The smallest absolute Gasteiger partial charge is 0.348 e. The SMILES string of the molecule is CCOC(=O)c1sc2nc(S[C@@H]3O[C@H](CO)[C@H](O)[C@H](O)[C@H]3O)n(N)c(=O)c2c1C. The lowest BCUT2D eigenvalue weighted by Gasteiger charge is -2.39. The fraction of sp³-hybridized carbons (Fsp3) is 0.562. The van der Waals surface area contributed by atoms with E-state index in [1.807, 2.05) is 0 Å². The van der Waals surface area contributed by atoms with Gasteiger partial charge >= 0.3 is 5.97 Å². The van der Waals surface area contributed by atoms with Crippen LogP contribution in [0.15, 0.2) is 9.95 Å². The van der Waals surface area contributed by atoms with E-state index in [1.165, 1.54) is 0 Å². The van der Waals surface area contributed by atoms with Crippen molar-refractivity contribution in [3.8, 4) is 0 Å². The van der Waals surface area contributed by atoms with Gasteiger partial charge in [-0.05, 0) is 19.4 Å². The highest BCUT2D eigenvalue weighted by Crippen LogP contribution is 2.34. The standard InChI is InChI=1S/C16H21N3O8S2/c1-3-26-14(25)11-5(2)7-12(28-11)18-16(19(17)13(7)24)29-15-10(23)9(22)8(21)6(4-20)27-15/h6,8-10,15,20-23H,3-4,17H2,1-2H3/t6-,8+,9+,10-,15+/m1/s1. The Labute approximate surface area is 172 Å². The number of ether oxygens (including phenoxy) is 2. The van der Waals surface area contributed by atoms with Gasteiger partial charge in [0.2, 0.25) is 0 Å². The summed E-state index contributed by atoms with van der Waals surface area (Å²) in [6, 6.07) is 0. The fourth-order valence-corrected chi connectivity index (χ4v) is 5.09. The van der Waals surface area contributed by atoms with Crippen molar-refractivity contribution >= 4 is 39.3 Å². The van der Waals surface area contributed by atoms with E-state index in [0.717, 1.165) is 27.8 Å². The zero-order chi connectivity index (χ0) is 21.5. The van der Waals surface area contributed by atoms with E-state index >= 15 is 0 Å². The lowest BCUT2D eigenvalue weighted by Crippen LogP contribution is -2.57. The largest absolute Gasteiger partial charge is 0.462 e. The number of carbonyl (C=O) groups excluding carboxylic acids is 1. The second-order valence-electron chi connectivity index (χ2n) is 6.34. The van der Waals surface area contributed by atoms with Gasteiger partial charge in [-0.2, -0.15) is 0 Å². The van der Waals surface area contributed by atoms with Gasteiger partial charge in [0.1, 0.15) is 39.6 Å². The molecule has 0 saturated carbocycles. The molecule has 3 heterocycles. The van der Waals surface area contributed by atoms with Crippen LogP contribution in [0.2, 0.25) is 0 Å². The Hall–Kier alpha value is -1.74. The molecule has 2 aromatic rings. The Bertz CT molecular complexity index is 975. The van der Waals surface area contributed by atoms with Gasteiger partial charge in [-0.3, -0.25) is 4.79 Å². The van der Waals surface area contributed by atoms with Crippen LogP contribution in [0.3, 0.4) is 0 Å². The van der Waals surface area contributed by atoms with Crippen molar-refractivity contribution in [2.75, 3.05) is 19.1 Å². The third kappa shape index (κ3) is 3.86. The Balaban J connectivity index is 1.99. The van der Waals surface area contributed by atoms with Crippen LogP contribution in [0.4, 0.5) is 0 Å². The maximum Gasteiger partial charge on any atom is 0.348 e. The van der Waals surface area contributed by atoms with E-state index < -0.39 is 48.0 Å². The number of aryl methyl sites for hydroxylation is 1. The third-order valence-corrected chi connectivity index (χ3v) is 6.78. The molecule has 0 aromatic carbocycles. The molecule has 0 amide bonds. The third-order valence-electron chi connectivity index (χ3n) is 4.49. The lowest BCUT2D eigenvalue weighted by atomic mass is 10.0. The van der Waals surface area contributed by atoms with Gasteiger partial charge in [0.05, 0.1) is 18.6 Å². The zero-order valence-electron chi connectivity index (χ0n) is 15.5. The first-order chi connectivity index (χ1) is 13.7. The molecule has 1 saturated heterocycles. The van der Waals surface area contributed by atoms with Gasteiger partial charge in [0.25, 0.3) is 5.56 Å². The number of hydrogen-bond donors (Lipinski definition) is 5. The topological polar surface area (TPSA) is 177 Å². The lowest BCUT2D eigenvalue weighted by molar-refractivity contribution is -0.205. The van der Waals surface area contributed by atoms with Gasteiger partial charge in [-0.15, -0.1) is 11.3 Å². The van der Waals surface area contributed by atoms with Crippen molar-refractivity contribution in [1.29, 1.82) is 0 Å². The van der Waals surface area contributed by atoms with E-state index in [9.17, 15) is 30.0 Å². The van der Waals surface area contributed by atoms with Crippen LogP contribution in [0.5, 0.6) is 0 Å². The molecule has 3 rings (SSSR count). The van der Waals surface area contributed by atoms with Crippen molar-refractivity contribution in [2.45, 2.75) is 48.9 Å². The number of fused-ring (bicyclic) bond motifs is 1. The molecule has 0 bridgehead atoms. The number of nitrogens with zero attached hydrogens (tertiary/aromatic N) is 2. The van der Waals surface area contributed by atoms with Crippen LogP contribution < -0.4 is 11.4 Å². The molecular formula is C16H21N3O8S2. The molecule has 1 fully saturated rings. The first-order valence-electron chi connectivity index (χ1n) is 8.66. The summed E-state index contributed by atoms with van der Waals surface area (Å²) in [5.41, 5.74) is -1.36. The maximum absolute atomic E-state index is 12.7. The number of hydrogen-bond acceptors (Lipinski definition) is 12. The molecule has 0 aliphatic carbocycles. The number of aromatic nitrogens is 2. The molecule has 0 unspecified atom stereocenters. The van der Waals surface area contributed by atoms with E-state index in [2.05, 4.69) is 4.98 Å². The highest BCUT2D eigenvalue weighted by atomic mass is 32.2. The Morgan fingerprint density at radius 2 is 2.03 bits per heavy atom. The van der Waals surface area contributed by atoms with Crippen molar-refractivity contribution in [1.82, 2.24) is 9.66 Å². The number of nitrogen functional groups attached to an aromatic ring is 1. The minimum atomic E-state index is -1.57. The molecule has 2 aromatic heterocycles. The predicted octanol–water partition coefficient (Wildman–Crippen LogP) is -1.45. The summed E-state index contributed by atoms with van der Waals surface area (Å²) >= 11 is 1.73. The molecule has 0 radical (unpaired) electrons. The molecule has 11 nitrogen and oxygen atoms in total. The van der Waals surface area contributed by atoms with Gasteiger partial charge < -0.3 is 35.7 Å². The predicted molar refractivity (Wildman–Crippen MR) is 104 cm³/mol. The molecule has 13 heteroatoms. The molecule has 5 atom stereocenters. The molecule has 29 heavy (non-hydrogen) atoms. The second kappa shape index (κ2) is 8.55. The highest BCUT2D eigenvalue weighted by molar-refractivity contribution is 7.99. The molecule has 1 aliphatic rings. The summed E-state index contributed by atoms with van der Waals surface area (Å²) in [5.74, 6) is 5.29. The molecular weight excluding hydrogens is 426 g/mol. The molecule has 1 aliphatic heterocycles. The average molecular weight is 447 g/mol. The quantitative estimate of drug-likeness (QED) is 0.206. The van der Waals surface area contributed by atoms with Crippen molar-refractivity contribution in [3.05, 3.63) is 20.8 Å². The van der Waals surface area contributed by atoms with Crippen LogP contribution in [-0.2, 0) is 9.47 Å². The maximum atomic E-state index is 12.7. The van der Waals surface area contributed by atoms with Gasteiger partial charge in [0.15, 0.2) is 5.16 Å². The highest BCUT2D eigenvalue weighted by Gasteiger charge is 2.44. The molecule has 160 valence electrons. The summed E-state index contributed by atoms with van der Waals surface area (Å²) in [5, 5.41) is 39.4. The molecule has 0 spiro atoms. The van der Waals surface area contributed by atoms with E-state index in [1.54, 1.807) is 13.8 Å². The van der Waals surface area contributed by atoms with Gasteiger partial charge in [-0.25, -0.2) is 14.5 Å². The van der Waals surface area contributed by atoms with E-state index in [-0.39, 0.29) is 26.9 Å². The number of rotatable bonds is 5. The second-order valence-corrected chi connectivity index (χ2v) is 8.41. The van der Waals surface area contributed by atoms with Crippen LogP contribution in [0, 0.1) is 6.92 Å². The van der Waals surface area contributed by atoms with E-state index in [4.69, 9.17) is 15.3 Å². The van der Waals surface area contributed by atoms with Crippen molar-refractivity contribution in [3.63, 3.8) is 0 Å². The first kappa shape index (κ1) is 22.0. The number of esters is 1. The van der Waals surface area contributed by atoms with Crippen LogP contribution in [0.25, 0.3) is 10.2 Å². The van der Waals surface area contributed by atoms with Crippen LogP contribution in [-0.4, -0.2) is 79.1 Å². The summed E-state index contributed by atoms with van der Waals surface area (Å²) in [4.78, 5) is 29.6. The summed E-state index contributed by atoms with van der Waals surface area (Å²) in [6.07, 6.45) is -5.70. The fourth-order valence-electron chi connectivity index (χ4n) is 2.92. The number of carbonyl (C=O) groups is 1. The Morgan fingerprint density at radius 3 is 2.66 bits per heavy atom. The number of nitrogens with two attached hydrogens (primary N) is 1. The van der Waals surface area contributed by atoms with Crippen molar-refractivity contribution in [2.24, 2.45) is 0 Å². The summed E-state index contributed by atoms with van der Waals surface area (Å²) in [6.45, 7) is 2.86. The van der Waals surface area contributed by atoms with Gasteiger partial charge in [-0.1, -0.05) is 11.8 Å². The number of thioether (sulfide) groups is 1. The summed E-state index contributed by atoms with van der Waals surface area (Å²) < 4.78 is 11.2. The van der Waals surface area contributed by atoms with Crippen LogP contribution in [0.1, 0.15) is 22.2 Å². The normalized spacial score (nSPS) is 27.3. The monoisotopic (exact) mass is 447 g/mol. The first-order valence-corrected chi connectivity index (χ1v) is 10.4. The number of thiophene rings is 1. The van der Waals surface area contributed by atoms with Gasteiger partial charge in [0, 0.05) is 0 Å². The zero-order valence-corrected chi connectivity index (χ0v) is 17.1. The minimum absolute atomic E-state index is 0.0384. The van der Waals surface area contributed by atoms with E-state index in [0.29, 0.717) is 5.56 Å².